The molecule has 0 aliphatic carbocycles. The summed E-state index contributed by atoms with van der Waals surface area (Å²) >= 11 is 0. The first-order valence-electron chi connectivity index (χ1n) is 5.74. The topological polar surface area (TPSA) is 38.0 Å². The minimum Gasteiger partial charge on any atom is -0.330 e. The van der Waals surface area contributed by atoms with Crippen LogP contribution in [-0.4, -0.2) is 19.6 Å². The van der Waals surface area contributed by atoms with Crippen molar-refractivity contribution in [3.8, 4) is 0 Å². The van der Waals surface area contributed by atoms with Gasteiger partial charge in [0.2, 0.25) is 0 Å². The van der Waals surface area contributed by atoms with E-state index in [2.05, 4.69) is 26.1 Å². The summed E-state index contributed by atoms with van der Waals surface area (Å²) in [7, 11) is 0. The van der Waals surface area contributed by atoms with Crippen molar-refractivity contribution in [1.82, 2.24) is 5.32 Å². The molecule has 0 aromatic carbocycles. The van der Waals surface area contributed by atoms with Crippen LogP contribution < -0.4 is 11.1 Å². The highest BCUT2D eigenvalue weighted by Crippen LogP contribution is 1.85. The van der Waals surface area contributed by atoms with Crippen LogP contribution in [0.1, 0.15) is 52.9 Å². The fraction of sp³-hybridized carbons (Fsp3) is 1.00. The lowest BCUT2D eigenvalue weighted by Gasteiger charge is -1.99. The van der Waals surface area contributed by atoms with E-state index in [1.54, 1.807) is 0 Å². The Hall–Kier alpha value is -0.0800. The van der Waals surface area contributed by atoms with E-state index in [1.165, 1.54) is 38.8 Å². The second-order valence-electron chi connectivity index (χ2n) is 3.25. The van der Waals surface area contributed by atoms with E-state index in [1.807, 2.05) is 0 Å². The molecule has 0 rings (SSSR count). The molecule has 0 spiro atoms. The van der Waals surface area contributed by atoms with Crippen LogP contribution in [0.4, 0.5) is 0 Å². The fourth-order valence-corrected chi connectivity index (χ4v) is 0.729. The Bertz CT molecular complexity index is 57.1. The number of hydrogen-bond acceptors (Lipinski definition) is 2. The third kappa shape index (κ3) is 24.5. The van der Waals surface area contributed by atoms with Crippen molar-refractivity contribution in [3.63, 3.8) is 0 Å². The summed E-state index contributed by atoms with van der Waals surface area (Å²) in [6.07, 6.45) is 6.35. The van der Waals surface area contributed by atoms with Gasteiger partial charge in [-0.05, 0) is 38.9 Å². The van der Waals surface area contributed by atoms with Crippen molar-refractivity contribution in [2.45, 2.75) is 52.9 Å². The monoisotopic (exact) mass is 188 g/mol. The predicted octanol–water partition coefficient (Wildman–Crippen LogP) is 2.53. The zero-order chi connectivity index (χ0) is 10.4. The lowest BCUT2D eigenvalue weighted by molar-refractivity contribution is 0.611. The van der Waals surface area contributed by atoms with Crippen LogP contribution in [0.25, 0.3) is 0 Å². The molecule has 2 heteroatoms. The fourth-order valence-electron chi connectivity index (χ4n) is 0.729. The molecule has 3 N–H and O–H groups in total. The highest BCUT2D eigenvalue weighted by molar-refractivity contribution is 4.45. The van der Waals surface area contributed by atoms with E-state index in [0.29, 0.717) is 0 Å². The maximum absolute atomic E-state index is 5.03. The van der Waals surface area contributed by atoms with E-state index in [0.717, 1.165) is 13.0 Å². The molecule has 82 valence electrons. The number of rotatable bonds is 7. The third-order valence-electron chi connectivity index (χ3n) is 1.70. The Morgan fingerprint density at radius 2 is 1.23 bits per heavy atom. The molecule has 0 saturated heterocycles. The zero-order valence-electron chi connectivity index (χ0n) is 9.73. The Morgan fingerprint density at radius 1 is 0.846 bits per heavy atom. The van der Waals surface area contributed by atoms with Gasteiger partial charge in [0.05, 0.1) is 0 Å². The first-order chi connectivity index (χ1) is 6.33. The summed E-state index contributed by atoms with van der Waals surface area (Å²) in [5, 5.41) is 3.39. The summed E-state index contributed by atoms with van der Waals surface area (Å²) in [5.41, 5.74) is 5.03. The minimum absolute atomic E-state index is 0.819. The molecular formula is C11H28N2. The van der Waals surface area contributed by atoms with E-state index < -0.39 is 0 Å². The van der Waals surface area contributed by atoms with Crippen molar-refractivity contribution in [2.24, 2.45) is 5.73 Å². The molecule has 0 unspecified atom stereocenters. The molecule has 0 fully saturated rings. The predicted molar refractivity (Wildman–Crippen MR) is 62.0 cm³/mol. The average molecular weight is 188 g/mol. The van der Waals surface area contributed by atoms with Crippen molar-refractivity contribution in [2.75, 3.05) is 19.6 Å². The smallest absolute Gasteiger partial charge is 0.00490 e. The molecule has 2 nitrogen and oxygen atoms in total. The van der Waals surface area contributed by atoms with Crippen LogP contribution >= 0.6 is 0 Å². The molecular weight excluding hydrogens is 160 g/mol. The normalized spacial score (nSPS) is 9.23. The van der Waals surface area contributed by atoms with Gasteiger partial charge in [-0.1, -0.05) is 33.6 Å². The van der Waals surface area contributed by atoms with Crippen LogP contribution in [0.5, 0.6) is 0 Å². The van der Waals surface area contributed by atoms with E-state index >= 15 is 0 Å². The Kier molecular flexibility index (Phi) is 21.2. The molecule has 0 aliphatic heterocycles. The van der Waals surface area contributed by atoms with E-state index in [9.17, 15) is 0 Å². The second-order valence-corrected chi connectivity index (χ2v) is 3.25. The van der Waals surface area contributed by atoms with Crippen molar-refractivity contribution >= 4 is 0 Å². The van der Waals surface area contributed by atoms with Gasteiger partial charge in [0.1, 0.15) is 0 Å². The van der Waals surface area contributed by atoms with Gasteiger partial charge in [-0.25, -0.2) is 0 Å². The first kappa shape index (κ1) is 15.4. The van der Waals surface area contributed by atoms with Crippen molar-refractivity contribution in [3.05, 3.63) is 0 Å². The number of nitrogens with two attached hydrogens (primary N) is 1. The molecule has 0 amide bonds. The Labute approximate surface area is 84.3 Å². The molecule has 0 radical (unpaired) electrons. The number of hydrogen-bond donors (Lipinski definition) is 2. The lowest BCUT2D eigenvalue weighted by Crippen LogP contribution is -2.15. The highest BCUT2D eigenvalue weighted by Gasteiger charge is 1.83. The molecule has 13 heavy (non-hydrogen) atoms. The average Bonchev–Trinajstić information content (AvgIpc) is 2.18. The Morgan fingerprint density at radius 3 is 1.46 bits per heavy atom. The van der Waals surface area contributed by atoms with Gasteiger partial charge in [0.25, 0.3) is 0 Å². The molecule has 0 aromatic rings. The molecule has 0 saturated carbocycles. The summed E-state index contributed by atoms with van der Waals surface area (Å²) < 4.78 is 0. The van der Waals surface area contributed by atoms with Gasteiger partial charge in [0, 0.05) is 0 Å². The molecule has 0 aliphatic rings. The molecule has 0 atom stereocenters. The SMILES string of the molecule is CCCCNCCCC.CCCN. The molecule has 0 heterocycles. The number of unbranched alkanes of at least 4 members (excludes halogenated alkanes) is 2. The first-order valence-corrected chi connectivity index (χ1v) is 5.74. The van der Waals surface area contributed by atoms with Gasteiger partial charge < -0.3 is 11.1 Å². The summed E-state index contributed by atoms with van der Waals surface area (Å²) in [6.45, 7) is 9.73. The van der Waals surface area contributed by atoms with E-state index in [-0.39, 0.29) is 0 Å². The van der Waals surface area contributed by atoms with Gasteiger partial charge in [-0.15, -0.1) is 0 Å². The number of nitrogens with one attached hydrogen (secondary N) is 1. The van der Waals surface area contributed by atoms with Gasteiger partial charge >= 0.3 is 0 Å². The zero-order valence-corrected chi connectivity index (χ0v) is 9.73. The summed E-state index contributed by atoms with van der Waals surface area (Å²) in [6, 6.07) is 0. The second kappa shape index (κ2) is 17.9. The molecule has 0 aromatic heterocycles. The molecule has 0 bridgehead atoms. The Balaban J connectivity index is 0. The van der Waals surface area contributed by atoms with Gasteiger partial charge in [0.15, 0.2) is 0 Å². The van der Waals surface area contributed by atoms with Gasteiger partial charge in [-0.3, -0.25) is 0 Å². The largest absolute Gasteiger partial charge is 0.330 e. The maximum Gasteiger partial charge on any atom is -0.00490 e. The van der Waals surface area contributed by atoms with Crippen LogP contribution in [0.2, 0.25) is 0 Å². The van der Waals surface area contributed by atoms with Crippen LogP contribution in [0.15, 0.2) is 0 Å². The summed E-state index contributed by atoms with van der Waals surface area (Å²) in [5.74, 6) is 0. The standard InChI is InChI=1S/C8H19N.C3H9N/c1-3-5-7-9-8-6-4-2;1-2-3-4/h9H,3-8H2,1-2H3;2-4H2,1H3. The van der Waals surface area contributed by atoms with Gasteiger partial charge in [-0.2, -0.15) is 0 Å². The van der Waals surface area contributed by atoms with Crippen LogP contribution in [0.3, 0.4) is 0 Å². The quantitative estimate of drug-likeness (QED) is 0.603. The van der Waals surface area contributed by atoms with Crippen LogP contribution in [-0.2, 0) is 0 Å². The minimum atomic E-state index is 0.819. The third-order valence-corrected chi connectivity index (χ3v) is 1.70. The van der Waals surface area contributed by atoms with Crippen molar-refractivity contribution < 1.29 is 0 Å². The maximum atomic E-state index is 5.03. The highest BCUT2D eigenvalue weighted by atomic mass is 14.8. The summed E-state index contributed by atoms with van der Waals surface area (Å²) in [4.78, 5) is 0. The van der Waals surface area contributed by atoms with Crippen LogP contribution in [0, 0.1) is 0 Å². The lowest BCUT2D eigenvalue weighted by atomic mass is 10.3. The van der Waals surface area contributed by atoms with E-state index in [4.69, 9.17) is 5.73 Å². The van der Waals surface area contributed by atoms with Crippen molar-refractivity contribution in [1.29, 1.82) is 0 Å².